The predicted octanol–water partition coefficient (Wildman–Crippen LogP) is 5.04. The third-order valence-electron chi connectivity index (χ3n) is 7.06. The van der Waals surface area contributed by atoms with Gasteiger partial charge in [0.25, 0.3) is 0 Å². The van der Waals surface area contributed by atoms with Gasteiger partial charge in [-0.3, -0.25) is 0 Å². The van der Waals surface area contributed by atoms with E-state index in [-0.39, 0.29) is 0 Å². The van der Waals surface area contributed by atoms with Crippen molar-refractivity contribution in [2.24, 2.45) is 17.3 Å². The SMILES string of the molecule is CC(C)OC1CC[C@H]2C3CCc4cc(O)ccc4C3CCC12C. The van der Waals surface area contributed by atoms with Gasteiger partial charge in [0.15, 0.2) is 0 Å². The Hall–Kier alpha value is -1.02. The van der Waals surface area contributed by atoms with E-state index in [9.17, 15) is 5.11 Å². The minimum atomic E-state index is 0.336. The highest BCUT2D eigenvalue weighted by molar-refractivity contribution is 5.40. The average Bonchev–Trinajstić information content (AvgIpc) is 2.83. The van der Waals surface area contributed by atoms with Crippen LogP contribution in [0.15, 0.2) is 18.2 Å². The Labute approximate surface area is 140 Å². The smallest absolute Gasteiger partial charge is 0.115 e. The second-order valence-corrected chi connectivity index (χ2v) is 8.59. The molecule has 0 aromatic heterocycles. The topological polar surface area (TPSA) is 29.5 Å². The number of aromatic hydroxyl groups is 1. The van der Waals surface area contributed by atoms with E-state index in [0.717, 1.165) is 18.3 Å². The first-order valence-electron chi connectivity index (χ1n) is 9.46. The molecule has 1 aromatic rings. The first-order valence-corrected chi connectivity index (χ1v) is 9.46. The van der Waals surface area contributed by atoms with E-state index >= 15 is 0 Å². The number of phenolic OH excluding ortho intramolecular Hbond substituents is 1. The average molecular weight is 314 g/mol. The van der Waals surface area contributed by atoms with Crippen LogP contribution in [0.3, 0.4) is 0 Å². The van der Waals surface area contributed by atoms with Crippen molar-refractivity contribution < 1.29 is 9.84 Å². The van der Waals surface area contributed by atoms with Gasteiger partial charge in [-0.2, -0.15) is 0 Å². The monoisotopic (exact) mass is 314 g/mol. The van der Waals surface area contributed by atoms with Crippen LogP contribution in [0.5, 0.6) is 5.75 Å². The van der Waals surface area contributed by atoms with Crippen molar-refractivity contribution >= 4 is 0 Å². The summed E-state index contributed by atoms with van der Waals surface area (Å²) in [6, 6.07) is 6.08. The number of hydrogen-bond donors (Lipinski definition) is 1. The zero-order chi connectivity index (χ0) is 16.2. The van der Waals surface area contributed by atoms with Crippen LogP contribution in [0.25, 0.3) is 0 Å². The Morgan fingerprint density at radius 2 is 2.00 bits per heavy atom. The van der Waals surface area contributed by atoms with Crippen LogP contribution in [0, 0.1) is 17.3 Å². The van der Waals surface area contributed by atoms with Gasteiger partial charge in [-0.05, 0) is 98.8 Å². The number of hydrogen-bond acceptors (Lipinski definition) is 2. The zero-order valence-electron chi connectivity index (χ0n) is 14.7. The molecule has 0 amide bonds. The molecule has 1 N–H and O–H groups in total. The molecule has 2 saturated carbocycles. The van der Waals surface area contributed by atoms with Crippen LogP contribution in [-0.4, -0.2) is 17.3 Å². The van der Waals surface area contributed by atoms with E-state index in [4.69, 9.17) is 4.74 Å². The van der Waals surface area contributed by atoms with Gasteiger partial charge in [-0.25, -0.2) is 0 Å². The lowest BCUT2D eigenvalue weighted by Crippen LogP contribution is -2.45. The molecule has 23 heavy (non-hydrogen) atoms. The summed E-state index contributed by atoms with van der Waals surface area (Å²) < 4.78 is 6.32. The minimum Gasteiger partial charge on any atom is -0.508 e. The van der Waals surface area contributed by atoms with E-state index in [1.165, 1.54) is 43.2 Å². The summed E-state index contributed by atoms with van der Waals surface area (Å²) in [6.45, 7) is 6.84. The summed E-state index contributed by atoms with van der Waals surface area (Å²) >= 11 is 0. The molecule has 0 aliphatic heterocycles. The second kappa shape index (κ2) is 5.51. The molecule has 4 unspecified atom stereocenters. The first-order chi connectivity index (χ1) is 11.0. The lowest BCUT2D eigenvalue weighted by molar-refractivity contribution is -0.0860. The lowest BCUT2D eigenvalue weighted by Gasteiger charge is -2.51. The largest absolute Gasteiger partial charge is 0.508 e. The first kappa shape index (κ1) is 15.5. The van der Waals surface area contributed by atoms with E-state index in [1.807, 2.05) is 12.1 Å². The molecule has 0 saturated heterocycles. The Balaban J connectivity index is 1.62. The fourth-order valence-electron chi connectivity index (χ4n) is 6.07. The Morgan fingerprint density at radius 1 is 1.17 bits per heavy atom. The molecule has 0 heterocycles. The molecule has 2 nitrogen and oxygen atoms in total. The fourth-order valence-corrected chi connectivity index (χ4v) is 6.07. The molecule has 4 rings (SSSR count). The third-order valence-corrected chi connectivity index (χ3v) is 7.06. The van der Waals surface area contributed by atoms with Gasteiger partial charge in [0.1, 0.15) is 5.75 Å². The molecule has 2 heteroatoms. The van der Waals surface area contributed by atoms with Gasteiger partial charge in [0.2, 0.25) is 0 Å². The molecular formula is C21H30O2. The van der Waals surface area contributed by atoms with Crippen molar-refractivity contribution in [2.45, 2.75) is 77.4 Å². The Kier molecular flexibility index (Phi) is 3.72. The Morgan fingerprint density at radius 3 is 2.78 bits per heavy atom. The molecule has 3 aliphatic rings. The number of ether oxygens (including phenoxy) is 1. The summed E-state index contributed by atoms with van der Waals surface area (Å²) in [5, 5.41) is 9.78. The van der Waals surface area contributed by atoms with Crippen LogP contribution in [0.2, 0.25) is 0 Å². The van der Waals surface area contributed by atoms with Gasteiger partial charge in [0, 0.05) is 0 Å². The molecule has 5 atom stereocenters. The zero-order valence-corrected chi connectivity index (χ0v) is 14.7. The van der Waals surface area contributed by atoms with Gasteiger partial charge in [-0.1, -0.05) is 13.0 Å². The molecule has 3 aliphatic carbocycles. The molecule has 126 valence electrons. The van der Waals surface area contributed by atoms with E-state index in [0.29, 0.717) is 29.3 Å². The summed E-state index contributed by atoms with van der Waals surface area (Å²) in [7, 11) is 0. The number of benzene rings is 1. The molecule has 0 spiro atoms. The number of fused-ring (bicyclic) bond motifs is 5. The molecule has 1 aromatic carbocycles. The highest BCUT2D eigenvalue weighted by Gasteiger charge is 2.55. The highest BCUT2D eigenvalue weighted by Crippen LogP contribution is 2.61. The van der Waals surface area contributed by atoms with Crippen molar-refractivity contribution in [3.8, 4) is 5.75 Å². The van der Waals surface area contributed by atoms with Gasteiger partial charge in [-0.15, -0.1) is 0 Å². The van der Waals surface area contributed by atoms with Gasteiger partial charge >= 0.3 is 0 Å². The molecule has 0 radical (unpaired) electrons. The lowest BCUT2D eigenvalue weighted by atomic mass is 9.55. The summed E-state index contributed by atoms with van der Waals surface area (Å²) in [5.74, 6) is 2.75. The van der Waals surface area contributed by atoms with Crippen molar-refractivity contribution in [1.29, 1.82) is 0 Å². The van der Waals surface area contributed by atoms with E-state index in [1.54, 1.807) is 0 Å². The van der Waals surface area contributed by atoms with E-state index < -0.39 is 0 Å². The van der Waals surface area contributed by atoms with Gasteiger partial charge in [0.05, 0.1) is 12.2 Å². The van der Waals surface area contributed by atoms with Crippen LogP contribution in [0.1, 0.15) is 69.9 Å². The fraction of sp³-hybridized carbons (Fsp3) is 0.714. The number of rotatable bonds is 2. The van der Waals surface area contributed by atoms with Crippen molar-refractivity contribution in [2.75, 3.05) is 0 Å². The normalized spacial score (nSPS) is 39.0. The second-order valence-electron chi connectivity index (χ2n) is 8.59. The van der Waals surface area contributed by atoms with Crippen LogP contribution < -0.4 is 0 Å². The van der Waals surface area contributed by atoms with Crippen LogP contribution in [-0.2, 0) is 11.2 Å². The van der Waals surface area contributed by atoms with Crippen molar-refractivity contribution in [3.63, 3.8) is 0 Å². The van der Waals surface area contributed by atoms with Crippen LogP contribution in [0.4, 0.5) is 0 Å². The highest BCUT2D eigenvalue weighted by atomic mass is 16.5. The molecular weight excluding hydrogens is 284 g/mol. The maximum atomic E-state index is 9.78. The maximum absolute atomic E-state index is 9.78. The van der Waals surface area contributed by atoms with Crippen molar-refractivity contribution in [1.82, 2.24) is 0 Å². The number of aryl methyl sites for hydroxylation is 1. The summed E-state index contributed by atoms with van der Waals surface area (Å²) in [5.41, 5.74) is 3.29. The number of phenols is 1. The summed E-state index contributed by atoms with van der Waals surface area (Å²) in [6.07, 6.45) is 8.36. The van der Waals surface area contributed by atoms with Gasteiger partial charge < -0.3 is 9.84 Å². The summed E-state index contributed by atoms with van der Waals surface area (Å²) in [4.78, 5) is 0. The standard InChI is InChI=1S/C21H30O2/c1-13(2)23-20-9-8-19-18-6-4-14-12-15(22)5-7-16(14)17(18)10-11-21(19,20)3/h5,7,12-13,17-20,22H,4,6,8-11H2,1-3H3/t17?,18?,19-,20?,21?/m0/s1. The third kappa shape index (κ3) is 2.41. The molecule has 2 fully saturated rings. The van der Waals surface area contributed by atoms with Crippen LogP contribution >= 0.6 is 0 Å². The maximum Gasteiger partial charge on any atom is 0.115 e. The Bertz CT molecular complexity index is 594. The predicted molar refractivity (Wildman–Crippen MR) is 92.7 cm³/mol. The molecule has 0 bridgehead atoms. The minimum absolute atomic E-state index is 0.336. The quantitative estimate of drug-likeness (QED) is 0.828. The van der Waals surface area contributed by atoms with E-state index in [2.05, 4.69) is 26.8 Å². The van der Waals surface area contributed by atoms with Crippen molar-refractivity contribution in [3.05, 3.63) is 29.3 Å².